The molecule has 4 heterocycles. The molecule has 3 atom stereocenters. The zero-order valence-electron chi connectivity index (χ0n) is 12.8. The Balaban J connectivity index is 1.58. The molecule has 4 rings (SSSR count). The van der Waals surface area contributed by atoms with Crippen LogP contribution in [0, 0.1) is 11.3 Å². The van der Waals surface area contributed by atoms with E-state index in [1.54, 1.807) is 12.3 Å². The highest BCUT2D eigenvalue weighted by molar-refractivity contribution is 9.10. The first-order valence-electron chi connectivity index (χ1n) is 7.70. The van der Waals surface area contributed by atoms with Crippen LogP contribution in [0.5, 0.6) is 0 Å². The van der Waals surface area contributed by atoms with Gasteiger partial charge in [0.2, 0.25) is 5.76 Å². The van der Waals surface area contributed by atoms with Crippen molar-refractivity contribution in [3.8, 4) is 6.07 Å². The molecular formula is C16H17BrN4O2. The second kappa shape index (κ2) is 5.78. The fraction of sp³-hybridized carbons (Fsp3) is 0.500. The topological polar surface area (TPSA) is 74.3 Å². The number of piperidine rings is 1. The Morgan fingerprint density at radius 2 is 2.13 bits per heavy atom. The number of fused-ring (bicyclic) bond motifs is 3. The molecule has 2 bridgehead atoms. The van der Waals surface area contributed by atoms with Crippen LogP contribution >= 0.6 is 15.9 Å². The standard InChI is InChI=1S/C16H17BrN4O2/c1-21-10-2-9(3-11(21)8-22-7-10)20-16-15(17)13-4-12(5-18)23-14(13)6-19-16/h4,6,9-11H,2-3,7-8H2,1H3,(H,19,20)/t9?,10-,11+. The van der Waals surface area contributed by atoms with Crippen molar-refractivity contribution in [3.63, 3.8) is 0 Å². The van der Waals surface area contributed by atoms with Gasteiger partial charge in [-0.15, -0.1) is 0 Å². The lowest BCUT2D eigenvalue weighted by atomic mass is 9.90. The van der Waals surface area contributed by atoms with Gasteiger partial charge in [-0.2, -0.15) is 5.26 Å². The van der Waals surface area contributed by atoms with E-state index in [4.69, 9.17) is 14.4 Å². The maximum Gasteiger partial charge on any atom is 0.204 e. The van der Waals surface area contributed by atoms with Crippen LogP contribution in [0.4, 0.5) is 5.82 Å². The van der Waals surface area contributed by atoms with Gasteiger partial charge in [-0.3, -0.25) is 4.90 Å². The van der Waals surface area contributed by atoms with Gasteiger partial charge < -0.3 is 14.5 Å². The fourth-order valence-corrected chi connectivity index (χ4v) is 4.07. The number of nitrogens with one attached hydrogen (secondary N) is 1. The predicted octanol–water partition coefficient (Wildman–Crippen LogP) is 2.74. The quantitative estimate of drug-likeness (QED) is 0.868. The van der Waals surface area contributed by atoms with Crippen molar-refractivity contribution in [2.24, 2.45) is 0 Å². The van der Waals surface area contributed by atoms with Gasteiger partial charge in [0.1, 0.15) is 11.9 Å². The summed E-state index contributed by atoms with van der Waals surface area (Å²) in [6.45, 7) is 1.60. The number of aromatic nitrogens is 1. The molecule has 0 radical (unpaired) electrons. The largest absolute Gasteiger partial charge is 0.444 e. The average Bonchev–Trinajstić information content (AvgIpc) is 2.95. The number of nitriles is 1. The Morgan fingerprint density at radius 1 is 1.39 bits per heavy atom. The molecule has 23 heavy (non-hydrogen) atoms. The van der Waals surface area contributed by atoms with E-state index in [1.165, 1.54) is 0 Å². The lowest BCUT2D eigenvalue weighted by molar-refractivity contribution is -0.0626. The van der Waals surface area contributed by atoms with Crippen LogP contribution < -0.4 is 5.32 Å². The molecule has 2 aliphatic heterocycles. The highest BCUT2D eigenvalue weighted by Gasteiger charge is 2.37. The van der Waals surface area contributed by atoms with Crippen LogP contribution in [-0.4, -0.2) is 48.3 Å². The molecule has 0 spiro atoms. The molecule has 0 aliphatic carbocycles. The van der Waals surface area contributed by atoms with E-state index in [0.29, 0.717) is 29.5 Å². The minimum absolute atomic E-state index is 0.297. The van der Waals surface area contributed by atoms with Gasteiger partial charge in [0, 0.05) is 29.6 Å². The number of ether oxygens (including phenoxy) is 1. The molecule has 1 unspecified atom stereocenters. The van der Waals surface area contributed by atoms with Crippen LogP contribution in [0.2, 0.25) is 0 Å². The molecule has 2 aliphatic rings. The van der Waals surface area contributed by atoms with Crippen LogP contribution in [-0.2, 0) is 4.74 Å². The summed E-state index contributed by atoms with van der Waals surface area (Å²) >= 11 is 3.59. The summed E-state index contributed by atoms with van der Waals surface area (Å²) in [5.41, 5.74) is 0.618. The Bertz CT molecular complexity index is 770. The lowest BCUT2D eigenvalue weighted by Gasteiger charge is -2.46. The SMILES string of the molecule is CN1[C@@H]2COC[C@H]1CC(Nc1ncc3oc(C#N)cc3c1Br)C2. The third-order valence-electron chi connectivity index (χ3n) is 4.85. The molecule has 6 nitrogen and oxygen atoms in total. The molecular weight excluding hydrogens is 360 g/mol. The molecule has 2 aromatic rings. The first-order valence-corrected chi connectivity index (χ1v) is 8.49. The van der Waals surface area contributed by atoms with Gasteiger partial charge in [0.25, 0.3) is 0 Å². The van der Waals surface area contributed by atoms with E-state index in [0.717, 1.165) is 41.7 Å². The number of hydrogen-bond donors (Lipinski definition) is 1. The Morgan fingerprint density at radius 3 is 2.83 bits per heavy atom. The Kier molecular flexibility index (Phi) is 3.76. The number of pyridine rings is 1. The summed E-state index contributed by atoms with van der Waals surface area (Å²) in [6.07, 6.45) is 3.74. The molecule has 0 aromatic carbocycles. The van der Waals surface area contributed by atoms with Crippen molar-refractivity contribution in [3.05, 3.63) is 22.5 Å². The predicted molar refractivity (Wildman–Crippen MR) is 89.2 cm³/mol. The van der Waals surface area contributed by atoms with Gasteiger partial charge in [-0.1, -0.05) is 0 Å². The molecule has 1 N–H and O–H groups in total. The van der Waals surface area contributed by atoms with Crippen molar-refractivity contribution < 1.29 is 9.15 Å². The number of hydrogen-bond acceptors (Lipinski definition) is 6. The van der Waals surface area contributed by atoms with Crippen molar-refractivity contribution in [2.45, 2.75) is 31.0 Å². The van der Waals surface area contributed by atoms with Gasteiger partial charge in [0.15, 0.2) is 5.58 Å². The van der Waals surface area contributed by atoms with Crippen molar-refractivity contribution in [1.82, 2.24) is 9.88 Å². The minimum atomic E-state index is 0.297. The number of furan rings is 1. The van der Waals surface area contributed by atoms with Crippen LogP contribution in [0.3, 0.4) is 0 Å². The monoisotopic (exact) mass is 376 g/mol. The second-order valence-corrected chi connectivity index (χ2v) is 7.04. The summed E-state index contributed by atoms with van der Waals surface area (Å²) in [5.74, 6) is 1.10. The summed E-state index contributed by atoms with van der Waals surface area (Å²) in [6, 6.07) is 5.05. The van der Waals surface area contributed by atoms with Crippen LogP contribution in [0.25, 0.3) is 11.0 Å². The number of likely N-dealkylation sites (N-methyl/N-ethyl adjacent to an activating group) is 1. The van der Waals surface area contributed by atoms with Gasteiger partial charge in [-0.25, -0.2) is 4.98 Å². The van der Waals surface area contributed by atoms with E-state index in [-0.39, 0.29) is 0 Å². The average molecular weight is 377 g/mol. The Hall–Kier alpha value is -1.62. The van der Waals surface area contributed by atoms with E-state index in [2.05, 4.69) is 38.2 Å². The van der Waals surface area contributed by atoms with Crippen LogP contribution in [0.15, 0.2) is 21.2 Å². The highest BCUT2D eigenvalue weighted by Crippen LogP contribution is 2.34. The van der Waals surface area contributed by atoms with Gasteiger partial charge >= 0.3 is 0 Å². The third-order valence-corrected chi connectivity index (χ3v) is 5.66. The molecule has 7 heteroatoms. The fourth-order valence-electron chi connectivity index (χ4n) is 3.54. The maximum atomic E-state index is 8.97. The lowest BCUT2D eigenvalue weighted by Crippen LogP contribution is -2.57. The summed E-state index contributed by atoms with van der Waals surface area (Å²) in [4.78, 5) is 6.89. The van der Waals surface area contributed by atoms with Gasteiger partial charge in [0.05, 0.1) is 23.9 Å². The number of anilines is 1. The molecule has 0 saturated carbocycles. The van der Waals surface area contributed by atoms with Crippen molar-refractivity contribution in [2.75, 3.05) is 25.6 Å². The van der Waals surface area contributed by atoms with E-state index < -0.39 is 0 Å². The first kappa shape index (κ1) is 14.9. The highest BCUT2D eigenvalue weighted by atomic mass is 79.9. The zero-order chi connectivity index (χ0) is 16.0. The maximum absolute atomic E-state index is 8.97. The van der Waals surface area contributed by atoms with Crippen LogP contribution in [0.1, 0.15) is 18.6 Å². The number of rotatable bonds is 2. The smallest absolute Gasteiger partial charge is 0.204 e. The minimum Gasteiger partial charge on any atom is -0.444 e. The van der Waals surface area contributed by atoms with Crippen molar-refractivity contribution in [1.29, 1.82) is 5.26 Å². The second-order valence-electron chi connectivity index (χ2n) is 6.24. The third kappa shape index (κ3) is 2.61. The summed E-state index contributed by atoms with van der Waals surface area (Å²) in [5, 5.41) is 13.4. The van der Waals surface area contributed by atoms with Crippen molar-refractivity contribution >= 4 is 32.7 Å². The van der Waals surface area contributed by atoms with E-state index in [1.807, 2.05) is 6.07 Å². The number of morpholine rings is 1. The number of nitrogens with zero attached hydrogens (tertiary/aromatic N) is 3. The zero-order valence-corrected chi connectivity index (χ0v) is 14.3. The van der Waals surface area contributed by atoms with Gasteiger partial charge in [-0.05, 0) is 35.8 Å². The molecule has 2 saturated heterocycles. The summed E-state index contributed by atoms with van der Waals surface area (Å²) < 4.78 is 11.9. The normalized spacial score (nSPS) is 27.8. The van der Waals surface area contributed by atoms with E-state index in [9.17, 15) is 0 Å². The first-order chi connectivity index (χ1) is 11.2. The molecule has 0 amide bonds. The molecule has 120 valence electrons. The molecule has 2 aromatic heterocycles. The number of halogens is 1. The van der Waals surface area contributed by atoms with E-state index >= 15 is 0 Å². The summed E-state index contributed by atoms with van der Waals surface area (Å²) in [7, 11) is 2.18. The molecule has 2 fully saturated rings. The Labute approximate surface area is 142 Å².